The lowest BCUT2D eigenvalue weighted by Gasteiger charge is -2.10. The molecule has 2 rings (SSSR count). The highest BCUT2D eigenvalue weighted by atomic mass is 32.2. The van der Waals surface area contributed by atoms with Crippen LogP contribution in [0.25, 0.3) is 0 Å². The van der Waals surface area contributed by atoms with Gasteiger partial charge in [-0.1, -0.05) is 12.1 Å². The monoisotopic (exact) mass is 364 g/mol. The Labute approximate surface area is 145 Å². The zero-order valence-electron chi connectivity index (χ0n) is 13.7. The molecular weight excluding hydrogens is 347 g/mol. The predicted molar refractivity (Wildman–Crippen MR) is 91.4 cm³/mol. The minimum atomic E-state index is -3.95. The van der Waals surface area contributed by atoms with Crippen LogP contribution in [0.3, 0.4) is 0 Å². The van der Waals surface area contributed by atoms with E-state index in [-0.39, 0.29) is 16.2 Å². The molecule has 0 saturated heterocycles. The van der Waals surface area contributed by atoms with Gasteiger partial charge in [-0.2, -0.15) is 0 Å². The molecule has 0 atom stereocenters. The average molecular weight is 364 g/mol. The second kappa shape index (κ2) is 7.54. The number of anilines is 1. The molecule has 0 aromatic heterocycles. The fraction of sp³-hybridized carbons (Fsp3) is 0.176. The Hall–Kier alpha value is -2.58. The molecule has 8 heteroatoms. The van der Waals surface area contributed by atoms with Crippen molar-refractivity contribution in [2.45, 2.75) is 18.7 Å². The van der Waals surface area contributed by atoms with Gasteiger partial charge < -0.3 is 5.32 Å². The van der Waals surface area contributed by atoms with Gasteiger partial charge in [0.05, 0.1) is 11.4 Å². The van der Waals surface area contributed by atoms with Gasteiger partial charge in [-0.25, -0.2) is 17.5 Å². The van der Waals surface area contributed by atoms with E-state index in [1.165, 1.54) is 19.9 Å². The van der Waals surface area contributed by atoms with Crippen molar-refractivity contribution < 1.29 is 22.4 Å². The summed E-state index contributed by atoms with van der Waals surface area (Å²) in [5.74, 6) is -1.29. The predicted octanol–water partition coefficient (Wildman–Crippen LogP) is 2.25. The molecule has 0 aliphatic heterocycles. The Morgan fingerprint density at radius 2 is 1.84 bits per heavy atom. The van der Waals surface area contributed by atoms with Gasteiger partial charge in [0, 0.05) is 11.3 Å². The first-order valence-electron chi connectivity index (χ1n) is 7.36. The number of ketones is 1. The van der Waals surface area contributed by atoms with Gasteiger partial charge in [-0.3, -0.25) is 9.59 Å². The van der Waals surface area contributed by atoms with Crippen molar-refractivity contribution >= 4 is 27.4 Å². The summed E-state index contributed by atoms with van der Waals surface area (Å²) in [5.41, 5.74) is 1.05. The molecule has 2 N–H and O–H groups in total. The third-order valence-corrected chi connectivity index (χ3v) is 4.96. The van der Waals surface area contributed by atoms with Gasteiger partial charge in [0.1, 0.15) is 5.82 Å². The zero-order chi connectivity index (χ0) is 18.6. The standard InChI is InChI=1S/C17H17FN2O4S/c1-11-8-14(18)6-7-16(11)25(23,24)19-10-17(22)20-15-5-3-4-13(9-15)12(2)21/h3-9,19H,10H2,1-2H3,(H,20,22). The van der Waals surface area contributed by atoms with E-state index < -0.39 is 28.3 Å². The van der Waals surface area contributed by atoms with Crippen LogP contribution in [0.4, 0.5) is 10.1 Å². The highest BCUT2D eigenvalue weighted by Crippen LogP contribution is 2.16. The molecule has 2 aromatic carbocycles. The van der Waals surface area contributed by atoms with Crippen molar-refractivity contribution in [2.24, 2.45) is 0 Å². The lowest BCUT2D eigenvalue weighted by atomic mass is 10.1. The summed E-state index contributed by atoms with van der Waals surface area (Å²) in [6.45, 7) is 2.37. The molecule has 0 heterocycles. The van der Waals surface area contributed by atoms with Gasteiger partial charge in [0.2, 0.25) is 15.9 Å². The Balaban J connectivity index is 2.04. The van der Waals surface area contributed by atoms with Crippen molar-refractivity contribution in [1.82, 2.24) is 4.72 Å². The molecule has 0 bridgehead atoms. The fourth-order valence-electron chi connectivity index (χ4n) is 2.17. The second-order valence-electron chi connectivity index (χ2n) is 5.42. The van der Waals surface area contributed by atoms with Gasteiger partial charge in [-0.15, -0.1) is 0 Å². The third kappa shape index (κ3) is 4.94. The summed E-state index contributed by atoms with van der Waals surface area (Å²) in [4.78, 5) is 23.2. The smallest absolute Gasteiger partial charge is 0.241 e. The molecule has 0 unspecified atom stereocenters. The fourth-order valence-corrected chi connectivity index (χ4v) is 3.38. The molecule has 0 fully saturated rings. The van der Waals surface area contributed by atoms with Crippen molar-refractivity contribution in [3.8, 4) is 0 Å². The highest BCUT2D eigenvalue weighted by molar-refractivity contribution is 7.89. The van der Waals surface area contributed by atoms with Crippen molar-refractivity contribution in [2.75, 3.05) is 11.9 Å². The highest BCUT2D eigenvalue weighted by Gasteiger charge is 2.18. The summed E-state index contributed by atoms with van der Waals surface area (Å²) in [7, 11) is -3.95. The third-order valence-electron chi connectivity index (χ3n) is 3.40. The number of hydrogen-bond donors (Lipinski definition) is 2. The molecule has 0 spiro atoms. The topological polar surface area (TPSA) is 92.3 Å². The molecule has 2 aromatic rings. The van der Waals surface area contributed by atoms with Crippen LogP contribution in [0.5, 0.6) is 0 Å². The van der Waals surface area contributed by atoms with Crippen LogP contribution in [0.1, 0.15) is 22.8 Å². The maximum Gasteiger partial charge on any atom is 0.241 e. The second-order valence-corrected chi connectivity index (χ2v) is 7.15. The van der Waals surface area contributed by atoms with E-state index in [4.69, 9.17) is 0 Å². The van der Waals surface area contributed by atoms with Gasteiger partial charge in [-0.05, 0) is 49.7 Å². The quantitative estimate of drug-likeness (QED) is 0.769. The van der Waals surface area contributed by atoms with Crippen LogP contribution in [0.15, 0.2) is 47.4 Å². The number of benzene rings is 2. The number of halogens is 1. The van der Waals surface area contributed by atoms with E-state index in [0.29, 0.717) is 11.3 Å². The lowest BCUT2D eigenvalue weighted by Crippen LogP contribution is -2.33. The van der Waals surface area contributed by atoms with Crippen LogP contribution >= 0.6 is 0 Å². The maximum atomic E-state index is 13.1. The molecule has 1 amide bonds. The number of amides is 1. The molecule has 6 nitrogen and oxygen atoms in total. The summed E-state index contributed by atoms with van der Waals surface area (Å²) < 4.78 is 39.7. The lowest BCUT2D eigenvalue weighted by molar-refractivity contribution is -0.115. The van der Waals surface area contributed by atoms with Gasteiger partial charge in [0.15, 0.2) is 5.78 Å². The number of hydrogen-bond acceptors (Lipinski definition) is 4. The zero-order valence-corrected chi connectivity index (χ0v) is 14.5. The van der Waals surface area contributed by atoms with E-state index in [1.54, 1.807) is 18.2 Å². The first kappa shape index (κ1) is 18.8. The molecular formula is C17H17FN2O4S. The van der Waals surface area contributed by atoms with Crippen LogP contribution in [-0.4, -0.2) is 26.7 Å². The minimum absolute atomic E-state index is 0.0970. The van der Waals surface area contributed by atoms with Crippen molar-refractivity contribution in [3.63, 3.8) is 0 Å². The Morgan fingerprint density at radius 1 is 1.12 bits per heavy atom. The van der Waals surface area contributed by atoms with E-state index in [1.807, 2.05) is 0 Å². The van der Waals surface area contributed by atoms with Gasteiger partial charge >= 0.3 is 0 Å². The number of carbonyl (C=O) groups excluding carboxylic acids is 2. The van der Waals surface area contributed by atoms with E-state index in [2.05, 4.69) is 10.0 Å². The number of aryl methyl sites for hydroxylation is 1. The SMILES string of the molecule is CC(=O)c1cccc(NC(=O)CNS(=O)(=O)c2ccc(F)cc2C)c1. The van der Waals surface area contributed by atoms with Crippen molar-refractivity contribution in [1.29, 1.82) is 0 Å². The molecule has 25 heavy (non-hydrogen) atoms. The molecule has 132 valence electrons. The van der Waals surface area contributed by atoms with Gasteiger partial charge in [0.25, 0.3) is 0 Å². The molecule has 0 saturated carbocycles. The number of Topliss-reactive ketones (excluding diaryl/α,β-unsaturated/α-hetero) is 1. The van der Waals surface area contributed by atoms with Crippen LogP contribution < -0.4 is 10.0 Å². The van der Waals surface area contributed by atoms with E-state index in [9.17, 15) is 22.4 Å². The number of carbonyl (C=O) groups is 2. The van der Waals surface area contributed by atoms with E-state index >= 15 is 0 Å². The van der Waals surface area contributed by atoms with Crippen LogP contribution in [0.2, 0.25) is 0 Å². The summed E-state index contributed by atoms with van der Waals surface area (Å²) in [6.07, 6.45) is 0. The first-order chi connectivity index (χ1) is 11.7. The number of nitrogens with one attached hydrogen (secondary N) is 2. The molecule has 0 aliphatic rings. The average Bonchev–Trinajstić information content (AvgIpc) is 2.53. The van der Waals surface area contributed by atoms with Crippen LogP contribution in [-0.2, 0) is 14.8 Å². The largest absolute Gasteiger partial charge is 0.325 e. The number of rotatable bonds is 6. The van der Waals surface area contributed by atoms with Crippen molar-refractivity contribution in [3.05, 3.63) is 59.4 Å². The first-order valence-corrected chi connectivity index (χ1v) is 8.84. The Morgan fingerprint density at radius 3 is 2.48 bits per heavy atom. The normalized spacial score (nSPS) is 11.2. The number of sulfonamides is 1. The molecule has 0 aliphatic carbocycles. The Kier molecular flexibility index (Phi) is 5.66. The summed E-state index contributed by atoms with van der Waals surface area (Å²) >= 11 is 0. The van der Waals surface area contributed by atoms with Crippen LogP contribution in [0, 0.1) is 12.7 Å². The Bertz CT molecular complexity index is 926. The molecule has 0 radical (unpaired) electrons. The van der Waals surface area contributed by atoms with E-state index in [0.717, 1.165) is 18.2 Å². The minimum Gasteiger partial charge on any atom is -0.325 e. The maximum absolute atomic E-state index is 13.1. The summed E-state index contributed by atoms with van der Waals surface area (Å²) in [6, 6.07) is 9.58. The summed E-state index contributed by atoms with van der Waals surface area (Å²) in [5, 5.41) is 2.51.